The highest BCUT2D eigenvalue weighted by Crippen LogP contribution is 2.33. The zero-order chi connectivity index (χ0) is 14.0. The second-order valence-electron chi connectivity index (χ2n) is 3.72. The van der Waals surface area contributed by atoms with E-state index in [1.807, 2.05) is 0 Å². The highest BCUT2D eigenvalue weighted by Gasteiger charge is 2.21. The van der Waals surface area contributed by atoms with Crippen LogP contribution in [-0.4, -0.2) is 9.91 Å². The van der Waals surface area contributed by atoms with Crippen LogP contribution in [0, 0.1) is 22.9 Å². The third-order valence-corrected chi connectivity index (χ3v) is 2.87. The van der Waals surface area contributed by atoms with Crippen molar-refractivity contribution in [2.75, 3.05) is 0 Å². The van der Waals surface area contributed by atoms with Crippen molar-refractivity contribution in [3.8, 4) is 11.6 Å². The van der Waals surface area contributed by atoms with E-state index in [2.05, 4.69) is 20.9 Å². The lowest BCUT2D eigenvalue weighted by Crippen LogP contribution is -1.99. The number of aryl methyl sites for hydroxylation is 1. The first-order chi connectivity index (χ1) is 8.99. The lowest BCUT2D eigenvalue weighted by molar-refractivity contribution is -0.386. The first kappa shape index (κ1) is 13.4. The lowest BCUT2D eigenvalue weighted by Gasteiger charge is -2.07. The number of ether oxygens (including phenoxy) is 1. The maximum Gasteiger partial charge on any atom is 0.334 e. The summed E-state index contributed by atoms with van der Waals surface area (Å²) in [6.07, 6.45) is 1.37. The van der Waals surface area contributed by atoms with Gasteiger partial charge < -0.3 is 4.74 Å². The molecule has 2 rings (SSSR count). The maximum atomic E-state index is 13.5. The fraction of sp³-hybridized carbons (Fsp3) is 0.0833. The lowest BCUT2D eigenvalue weighted by atomic mass is 10.2. The molecule has 0 amide bonds. The van der Waals surface area contributed by atoms with E-state index < -0.39 is 10.7 Å². The molecule has 0 N–H and O–H groups in total. The summed E-state index contributed by atoms with van der Waals surface area (Å²) in [5.41, 5.74) is 0.118. The minimum Gasteiger partial charge on any atom is -0.430 e. The van der Waals surface area contributed by atoms with Crippen LogP contribution < -0.4 is 4.74 Å². The number of hydrogen-bond donors (Lipinski definition) is 0. The summed E-state index contributed by atoms with van der Waals surface area (Å²) in [7, 11) is 0. The molecule has 0 spiro atoms. The average molecular weight is 327 g/mol. The molecule has 0 aliphatic rings. The van der Waals surface area contributed by atoms with Crippen LogP contribution >= 0.6 is 15.9 Å². The van der Waals surface area contributed by atoms with Crippen molar-refractivity contribution in [3.63, 3.8) is 0 Å². The summed E-state index contributed by atoms with van der Waals surface area (Å²) in [6.45, 7) is 1.56. The van der Waals surface area contributed by atoms with Gasteiger partial charge in [-0.05, 0) is 31.2 Å². The van der Waals surface area contributed by atoms with Crippen molar-refractivity contribution in [2.24, 2.45) is 0 Å². The summed E-state index contributed by atoms with van der Waals surface area (Å²) >= 11 is 3.17. The van der Waals surface area contributed by atoms with Crippen LogP contribution in [0.5, 0.6) is 11.6 Å². The first-order valence-electron chi connectivity index (χ1n) is 5.22. The molecule has 2 aromatic rings. The van der Waals surface area contributed by atoms with E-state index in [9.17, 15) is 14.5 Å². The van der Waals surface area contributed by atoms with Gasteiger partial charge in [0.1, 0.15) is 0 Å². The quantitative estimate of drug-likeness (QED) is 0.631. The van der Waals surface area contributed by atoms with E-state index in [4.69, 9.17) is 4.74 Å². The highest BCUT2D eigenvalue weighted by atomic mass is 79.9. The summed E-state index contributed by atoms with van der Waals surface area (Å²) in [5.74, 6) is -0.988. The number of pyridine rings is 1. The molecule has 0 saturated heterocycles. The molecule has 0 aliphatic carbocycles. The third-order valence-electron chi connectivity index (χ3n) is 2.37. The van der Waals surface area contributed by atoms with Gasteiger partial charge in [0.15, 0.2) is 11.6 Å². The van der Waals surface area contributed by atoms with Gasteiger partial charge in [0.25, 0.3) is 5.88 Å². The van der Waals surface area contributed by atoms with Gasteiger partial charge in [-0.15, -0.1) is 0 Å². The Kier molecular flexibility index (Phi) is 3.75. The normalized spacial score (nSPS) is 10.3. The number of hydrogen-bond acceptors (Lipinski definition) is 4. The molecule has 0 unspecified atom stereocenters. The minimum atomic E-state index is -0.624. The van der Waals surface area contributed by atoms with Crippen molar-refractivity contribution in [2.45, 2.75) is 6.92 Å². The molecule has 1 aromatic carbocycles. The molecule has 1 aromatic heterocycles. The fourth-order valence-corrected chi connectivity index (χ4v) is 1.82. The average Bonchev–Trinajstić information content (AvgIpc) is 2.33. The van der Waals surface area contributed by atoms with Gasteiger partial charge in [0, 0.05) is 16.2 Å². The molecule has 0 radical (unpaired) electrons. The Bertz CT molecular complexity index is 649. The molecule has 7 heteroatoms. The smallest absolute Gasteiger partial charge is 0.334 e. The molecule has 98 valence electrons. The number of aromatic nitrogens is 1. The topological polar surface area (TPSA) is 65.3 Å². The van der Waals surface area contributed by atoms with Gasteiger partial charge in [-0.2, -0.15) is 0 Å². The Morgan fingerprint density at radius 3 is 2.84 bits per heavy atom. The van der Waals surface area contributed by atoms with Crippen molar-refractivity contribution >= 4 is 21.6 Å². The van der Waals surface area contributed by atoms with Crippen LogP contribution in [0.25, 0.3) is 0 Å². The Labute approximate surface area is 116 Å². The van der Waals surface area contributed by atoms with Crippen LogP contribution in [0.1, 0.15) is 5.56 Å². The second kappa shape index (κ2) is 5.31. The van der Waals surface area contributed by atoms with Gasteiger partial charge in [0.05, 0.1) is 4.92 Å². The summed E-state index contributed by atoms with van der Waals surface area (Å²) in [6, 6.07) is 5.56. The van der Waals surface area contributed by atoms with Gasteiger partial charge in [-0.25, -0.2) is 9.37 Å². The maximum absolute atomic E-state index is 13.5. The van der Waals surface area contributed by atoms with Crippen LogP contribution in [0.2, 0.25) is 0 Å². The molecule has 1 heterocycles. The summed E-state index contributed by atoms with van der Waals surface area (Å²) < 4.78 is 19.3. The molecular formula is C12H8BrFN2O3. The van der Waals surface area contributed by atoms with Crippen molar-refractivity contribution < 1.29 is 14.1 Å². The van der Waals surface area contributed by atoms with Gasteiger partial charge in [0.2, 0.25) is 0 Å². The monoisotopic (exact) mass is 326 g/mol. The minimum absolute atomic E-state index is 0.129. The largest absolute Gasteiger partial charge is 0.430 e. The van der Waals surface area contributed by atoms with E-state index >= 15 is 0 Å². The standard InChI is InChI=1S/C12H8BrFN2O3/c1-7-4-5-15-12(11(7)16(17)18)19-10-6-8(13)2-3-9(10)14/h2-6H,1H3. The Hall–Kier alpha value is -2.02. The van der Waals surface area contributed by atoms with Crippen molar-refractivity contribution in [3.05, 3.63) is 56.4 Å². The zero-order valence-electron chi connectivity index (χ0n) is 9.76. The highest BCUT2D eigenvalue weighted by molar-refractivity contribution is 9.10. The number of halogens is 2. The van der Waals surface area contributed by atoms with Crippen molar-refractivity contribution in [1.82, 2.24) is 4.98 Å². The summed E-state index contributed by atoms with van der Waals surface area (Å²) in [5, 5.41) is 11.0. The van der Waals surface area contributed by atoms with Gasteiger partial charge in [-0.1, -0.05) is 15.9 Å². The fourth-order valence-electron chi connectivity index (χ4n) is 1.48. The Morgan fingerprint density at radius 2 is 2.16 bits per heavy atom. The Balaban J connectivity index is 2.46. The SMILES string of the molecule is Cc1ccnc(Oc2cc(Br)ccc2F)c1[N+](=O)[O-]. The van der Waals surface area contributed by atoms with Gasteiger partial charge >= 0.3 is 5.69 Å². The zero-order valence-corrected chi connectivity index (χ0v) is 11.3. The van der Waals surface area contributed by atoms with Crippen LogP contribution in [0.15, 0.2) is 34.9 Å². The van der Waals surface area contributed by atoms with Gasteiger partial charge in [-0.3, -0.25) is 10.1 Å². The van der Waals surface area contributed by atoms with Crippen LogP contribution in [-0.2, 0) is 0 Å². The van der Waals surface area contributed by atoms with Crippen molar-refractivity contribution in [1.29, 1.82) is 0 Å². The van der Waals surface area contributed by atoms with E-state index in [0.29, 0.717) is 10.0 Å². The molecular weight excluding hydrogens is 319 g/mol. The number of nitrogens with zero attached hydrogens (tertiary/aromatic N) is 2. The number of nitro groups is 1. The predicted molar refractivity (Wildman–Crippen MR) is 69.8 cm³/mol. The van der Waals surface area contributed by atoms with Crippen LogP contribution in [0.4, 0.5) is 10.1 Å². The summed E-state index contributed by atoms with van der Waals surface area (Å²) in [4.78, 5) is 14.1. The number of benzene rings is 1. The second-order valence-corrected chi connectivity index (χ2v) is 4.63. The molecule has 0 atom stereocenters. The molecule has 0 saturated carbocycles. The van der Waals surface area contributed by atoms with Crippen LogP contribution in [0.3, 0.4) is 0 Å². The number of rotatable bonds is 3. The third kappa shape index (κ3) is 2.87. The molecule has 0 aliphatic heterocycles. The van der Waals surface area contributed by atoms with E-state index in [-0.39, 0.29) is 17.3 Å². The van der Waals surface area contributed by atoms with E-state index in [0.717, 1.165) is 0 Å². The molecule has 0 fully saturated rings. The first-order valence-corrected chi connectivity index (χ1v) is 6.01. The predicted octanol–water partition coefficient (Wildman–Crippen LogP) is 3.99. The molecule has 0 bridgehead atoms. The van der Waals surface area contributed by atoms with E-state index in [1.165, 1.54) is 30.5 Å². The Morgan fingerprint density at radius 1 is 1.42 bits per heavy atom. The molecule has 19 heavy (non-hydrogen) atoms. The van der Waals surface area contributed by atoms with E-state index in [1.54, 1.807) is 6.92 Å². The molecule has 5 nitrogen and oxygen atoms in total.